The molecule has 2 N–H and O–H groups in total. The molecule has 2 atom stereocenters. The Labute approximate surface area is 129 Å². The van der Waals surface area contributed by atoms with Gasteiger partial charge in [-0.05, 0) is 25.1 Å². The van der Waals surface area contributed by atoms with Gasteiger partial charge >= 0.3 is 0 Å². The largest absolute Gasteiger partial charge is 0.496 e. The molecular formula is C17H18ClNO2. The highest BCUT2D eigenvalue weighted by Gasteiger charge is 2.30. The van der Waals surface area contributed by atoms with Crippen molar-refractivity contribution in [1.82, 2.24) is 0 Å². The number of nitrogens with two attached hydrogens (primary N) is 1. The van der Waals surface area contributed by atoms with E-state index in [1.54, 1.807) is 7.11 Å². The second-order valence-electron chi connectivity index (χ2n) is 5.35. The zero-order chi connectivity index (χ0) is 15.0. The monoisotopic (exact) mass is 303 g/mol. The summed E-state index contributed by atoms with van der Waals surface area (Å²) in [6.45, 7) is 2.05. The van der Waals surface area contributed by atoms with Crippen molar-refractivity contribution in [3.8, 4) is 11.5 Å². The van der Waals surface area contributed by atoms with Gasteiger partial charge in [-0.3, -0.25) is 0 Å². The lowest BCUT2D eigenvalue weighted by Crippen LogP contribution is -2.24. The molecule has 0 saturated heterocycles. The lowest BCUT2D eigenvalue weighted by atomic mass is 9.92. The minimum atomic E-state index is -0.196. The van der Waals surface area contributed by atoms with Crippen LogP contribution in [0.15, 0.2) is 36.4 Å². The van der Waals surface area contributed by atoms with Crippen LogP contribution in [0.5, 0.6) is 11.5 Å². The van der Waals surface area contributed by atoms with Gasteiger partial charge in [-0.25, -0.2) is 0 Å². The summed E-state index contributed by atoms with van der Waals surface area (Å²) in [5.41, 5.74) is 9.42. The van der Waals surface area contributed by atoms with Crippen LogP contribution in [0, 0.1) is 6.92 Å². The molecule has 1 aliphatic rings. The average molecular weight is 304 g/mol. The topological polar surface area (TPSA) is 44.5 Å². The number of methoxy groups -OCH3 is 1. The van der Waals surface area contributed by atoms with Crippen molar-refractivity contribution in [2.75, 3.05) is 7.11 Å². The van der Waals surface area contributed by atoms with Crippen LogP contribution in [0.3, 0.4) is 0 Å². The molecule has 0 amide bonds. The molecule has 0 aromatic heterocycles. The number of benzene rings is 2. The Kier molecular flexibility index (Phi) is 3.79. The van der Waals surface area contributed by atoms with Crippen molar-refractivity contribution in [3.05, 3.63) is 58.1 Å². The van der Waals surface area contributed by atoms with Gasteiger partial charge in [-0.15, -0.1) is 0 Å². The molecule has 4 heteroatoms. The Morgan fingerprint density at radius 1 is 1.29 bits per heavy atom. The summed E-state index contributed by atoms with van der Waals surface area (Å²) >= 11 is 6.34. The zero-order valence-corrected chi connectivity index (χ0v) is 12.9. The lowest BCUT2D eigenvalue weighted by Gasteiger charge is -2.32. The van der Waals surface area contributed by atoms with Crippen LogP contribution in [-0.4, -0.2) is 7.11 Å². The van der Waals surface area contributed by atoms with Crippen LogP contribution in [0.2, 0.25) is 5.02 Å². The molecule has 21 heavy (non-hydrogen) atoms. The first-order valence-electron chi connectivity index (χ1n) is 6.95. The van der Waals surface area contributed by atoms with Gasteiger partial charge in [0, 0.05) is 18.0 Å². The minimum absolute atomic E-state index is 0.0698. The average Bonchev–Trinajstić information content (AvgIpc) is 2.47. The third-order valence-electron chi connectivity index (χ3n) is 3.86. The van der Waals surface area contributed by atoms with Crippen molar-refractivity contribution in [2.45, 2.75) is 25.5 Å². The third kappa shape index (κ3) is 2.59. The van der Waals surface area contributed by atoms with E-state index in [9.17, 15) is 0 Å². The Hall–Kier alpha value is -1.71. The van der Waals surface area contributed by atoms with Crippen LogP contribution < -0.4 is 15.2 Å². The van der Waals surface area contributed by atoms with E-state index in [0.717, 1.165) is 22.6 Å². The summed E-state index contributed by atoms with van der Waals surface area (Å²) in [7, 11) is 1.63. The van der Waals surface area contributed by atoms with Gasteiger partial charge in [0.25, 0.3) is 0 Å². The van der Waals surface area contributed by atoms with Gasteiger partial charge in [0.1, 0.15) is 17.6 Å². The number of ether oxygens (including phenoxy) is 2. The van der Waals surface area contributed by atoms with Gasteiger partial charge in [0.2, 0.25) is 0 Å². The SMILES string of the molecule is COc1cccc(Cl)c1C1C[C@@H](N)c2cc(C)ccc2O1. The van der Waals surface area contributed by atoms with Crippen LogP contribution in [0.4, 0.5) is 0 Å². The third-order valence-corrected chi connectivity index (χ3v) is 4.19. The van der Waals surface area contributed by atoms with Gasteiger partial charge < -0.3 is 15.2 Å². The predicted octanol–water partition coefficient (Wildman–Crippen LogP) is 4.18. The van der Waals surface area contributed by atoms with Gasteiger partial charge in [0.15, 0.2) is 0 Å². The highest BCUT2D eigenvalue weighted by molar-refractivity contribution is 6.31. The molecule has 2 aromatic rings. The Bertz CT molecular complexity index is 672. The molecule has 3 nitrogen and oxygen atoms in total. The molecule has 1 aliphatic heterocycles. The van der Waals surface area contributed by atoms with E-state index in [4.69, 9.17) is 26.8 Å². The van der Waals surface area contributed by atoms with Gasteiger partial charge in [-0.1, -0.05) is 35.4 Å². The molecular weight excluding hydrogens is 286 g/mol. The Morgan fingerprint density at radius 2 is 2.10 bits per heavy atom. The van der Waals surface area contributed by atoms with Crippen LogP contribution in [0.25, 0.3) is 0 Å². The maximum absolute atomic E-state index is 6.34. The number of hydrogen-bond acceptors (Lipinski definition) is 3. The van der Waals surface area contributed by atoms with E-state index >= 15 is 0 Å². The number of aryl methyl sites for hydroxylation is 1. The molecule has 0 radical (unpaired) electrons. The minimum Gasteiger partial charge on any atom is -0.496 e. The lowest BCUT2D eigenvalue weighted by molar-refractivity contribution is 0.158. The van der Waals surface area contributed by atoms with Crippen molar-refractivity contribution < 1.29 is 9.47 Å². The maximum Gasteiger partial charge on any atom is 0.131 e. The normalized spacial score (nSPS) is 20.6. The fourth-order valence-electron chi connectivity index (χ4n) is 2.81. The molecule has 3 rings (SSSR count). The number of halogens is 1. The van der Waals surface area contributed by atoms with Crippen molar-refractivity contribution >= 4 is 11.6 Å². The fourth-order valence-corrected chi connectivity index (χ4v) is 3.10. The van der Waals surface area contributed by atoms with Gasteiger partial charge in [0.05, 0.1) is 17.7 Å². The zero-order valence-electron chi connectivity index (χ0n) is 12.1. The summed E-state index contributed by atoms with van der Waals surface area (Å²) in [5.74, 6) is 1.56. The molecule has 0 fully saturated rings. The fraction of sp³-hybridized carbons (Fsp3) is 0.294. The van der Waals surface area contributed by atoms with E-state index in [1.165, 1.54) is 5.56 Å². The summed E-state index contributed by atoms with van der Waals surface area (Å²) in [6, 6.07) is 11.6. The van der Waals surface area contributed by atoms with Crippen molar-refractivity contribution in [1.29, 1.82) is 0 Å². The van der Waals surface area contributed by atoms with E-state index < -0.39 is 0 Å². The van der Waals surface area contributed by atoms with E-state index in [2.05, 4.69) is 13.0 Å². The first kappa shape index (κ1) is 14.2. The van der Waals surface area contributed by atoms with Gasteiger partial charge in [-0.2, -0.15) is 0 Å². The standard InChI is InChI=1S/C17H18ClNO2/c1-10-6-7-14-11(8-10)13(19)9-16(21-14)17-12(18)4-3-5-15(17)20-2/h3-8,13,16H,9,19H2,1-2H3/t13-,16?/m1/s1. The molecule has 110 valence electrons. The second-order valence-corrected chi connectivity index (χ2v) is 5.75. The number of fused-ring (bicyclic) bond motifs is 1. The van der Waals surface area contributed by atoms with E-state index in [-0.39, 0.29) is 12.1 Å². The molecule has 0 bridgehead atoms. The summed E-state index contributed by atoms with van der Waals surface area (Å²) in [4.78, 5) is 0. The highest BCUT2D eigenvalue weighted by Crippen LogP contribution is 2.44. The Morgan fingerprint density at radius 3 is 2.86 bits per heavy atom. The Balaban J connectivity index is 2.02. The van der Waals surface area contributed by atoms with E-state index in [0.29, 0.717) is 11.4 Å². The summed E-state index contributed by atoms with van der Waals surface area (Å²) < 4.78 is 11.5. The molecule has 1 unspecified atom stereocenters. The second kappa shape index (κ2) is 5.58. The molecule has 0 aliphatic carbocycles. The first-order chi connectivity index (χ1) is 10.1. The van der Waals surface area contributed by atoms with Crippen molar-refractivity contribution in [3.63, 3.8) is 0 Å². The summed E-state index contributed by atoms with van der Waals surface area (Å²) in [5, 5.41) is 0.641. The van der Waals surface area contributed by atoms with Crippen LogP contribution in [-0.2, 0) is 0 Å². The van der Waals surface area contributed by atoms with Crippen LogP contribution in [0.1, 0.15) is 35.3 Å². The molecule has 0 spiro atoms. The number of hydrogen-bond donors (Lipinski definition) is 1. The predicted molar refractivity (Wildman–Crippen MR) is 84.1 cm³/mol. The van der Waals surface area contributed by atoms with Crippen molar-refractivity contribution in [2.24, 2.45) is 5.73 Å². The number of rotatable bonds is 2. The first-order valence-corrected chi connectivity index (χ1v) is 7.33. The molecule has 0 saturated carbocycles. The maximum atomic E-state index is 6.34. The van der Waals surface area contributed by atoms with Crippen LogP contribution >= 0.6 is 11.6 Å². The highest BCUT2D eigenvalue weighted by atomic mass is 35.5. The summed E-state index contributed by atoms with van der Waals surface area (Å²) in [6.07, 6.45) is 0.482. The molecule has 2 aromatic carbocycles. The molecule has 1 heterocycles. The quantitative estimate of drug-likeness (QED) is 0.905. The van der Waals surface area contributed by atoms with E-state index in [1.807, 2.05) is 30.3 Å². The smallest absolute Gasteiger partial charge is 0.131 e.